The van der Waals surface area contributed by atoms with Crippen LogP contribution in [0.2, 0.25) is 5.02 Å². The monoisotopic (exact) mass is 347 g/mol. The Labute approximate surface area is 113 Å². The number of nitrogens with zero attached hydrogens (tertiary/aromatic N) is 1. The topological polar surface area (TPSA) is 54.7 Å². The molecule has 0 aliphatic rings. The third-order valence-corrected chi connectivity index (χ3v) is 3.63. The summed E-state index contributed by atoms with van der Waals surface area (Å²) in [6, 6.07) is 5.78. The molecular formula is C11H11ClIN3. The molecule has 84 valence electrons. The van der Waals surface area contributed by atoms with Gasteiger partial charge in [-0.25, -0.2) is 0 Å². The minimum atomic E-state index is 0.563. The number of anilines is 1. The fourth-order valence-electron chi connectivity index (χ4n) is 1.65. The van der Waals surface area contributed by atoms with Crippen molar-refractivity contribution in [3.8, 4) is 11.3 Å². The maximum Gasteiger partial charge on any atom is 0.149 e. The van der Waals surface area contributed by atoms with Crippen molar-refractivity contribution in [2.75, 3.05) is 5.73 Å². The molecule has 5 heteroatoms. The molecule has 0 spiro atoms. The predicted octanol–water partition coefficient (Wildman–Crippen LogP) is 3.48. The molecule has 0 radical (unpaired) electrons. The van der Waals surface area contributed by atoms with E-state index in [9.17, 15) is 0 Å². The highest BCUT2D eigenvalue weighted by molar-refractivity contribution is 14.1. The van der Waals surface area contributed by atoms with Gasteiger partial charge in [0.05, 0.1) is 5.69 Å². The van der Waals surface area contributed by atoms with Gasteiger partial charge in [0.2, 0.25) is 0 Å². The van der Waals surface area contributed by atoms with Gasteiger partial charge in [-0.2, -0.15) is 5.10 Å². The third-order valence-electron chi connectivity index (χ3n) is 2.45. The van der Waals surface area contributed by atoms with E-state index in [2.05, 4.69) is 39.7 Å². The Balaban J connectivity index is 2.62. The van der Waals surface area contributed by atoms with E-state index >= 15 is 0 Å². The van der Waals surface area contributed by atoms with Crippen LogP contribution in [-0.2, 0) is 6.42 Å². The molecule has 0 bridgehead atoms. The number of nitrogens with two attached hydrogens (primary N) is 1. The molecule has 3 N–H and O–H groups in total. The first kappa shape index (κ1) is 11.7. The Bertz CT molecular complexity index is 522. The Kier molecular flexibility index (Phi) is 3.39. The van der Waals surface area contributed by atoms with E-state index in [1.807, 2.05) is 18.2 Å². The van der Waals surface area contributed by atoms with Crippen molar-refractivity contribution in [3.63, 3.8) is 0 Å². The van der Waals surface area contributed by atoms with Crippen LogP contribution < -0.4 is 5.73 Å². The van der Waals surface area contributed by atoms with Gasteiger partial charge in [0, 0.05) is 19.7 Å². The van der Waals surface area contributed by atoms with Gasteiger partial charge in [0.1, 0.15) is 5.82 Å². The van der Waals surface area contributed by atoms with E-state index in [1.165, 1.54) is 0 Å². The largest absolute Gasteiger partial charge is 0.382 e. The molecule has 0 unspecified atom stereocenters. The molecule has 1 heterocycles. The average molecular weight is 348 g/mol. The highest BCUT2D eigenvalue weighted by Gasteiger charge is 2.13. The van der Waals surface area contributed by atoms with Crippen molar-refractivity contribution in [1.82, 2.24) is 10.2 Å². The SMILES string of the molecule is CCc1c(N)n[nH]c1-c1cc(Cl)ccc1I. The van der Waals surface area contributed by atoms with E-state index in [4.69, 9.17) is 17.3 Å². The lowest BCUT2D eigenvalue weighted by Crippen LogP contribution is -1.92. The number of aromatic nitrogens is 2. The second kappa shape index (κ2) is 4.63. The van der Waals surface area contributed by atoms with Gasteiger partial charge in [0.15, 0.2) is 0 Å². The average Bonchev–Trinajstić information content (AvgIpc) is 2.63. The van der Waals surface area contributed by atoms with Crippen molar-refractivity contribution in [1.29, 1.82) is 0 Å². The van der Waals surface area contributed by atoms with E-state index < -0.39 is 0 Å². The first-order chi connectivity index (χ1) is 7.63. The lowest BCUT2D eigenvalue weighted by molar-refractivity contribution is 1.10. The lowest BCUT2D eigenvalue weighted by atomic mass is 10.1. The fraction of sp³-hybridized carbons (Fsp3) is 0.182. The zero-order chi connectivity index (χ0) is 11.7. The van der Waals surface area contributed by atoms with Gasteiger partial charge in [-0.3, -0.25) is 5.10 Å². The van der Waals surface area contributed by atoms with E-state index in [1.54, 1.807) is 0 Å². The second-order valence-electron chi connectivity index (χ2n) is 3.44. The van der Waals surface area contributed by atoms with Crippen LogP contribution in [0.25, 0.3) is 11.3 Å². The summed E-state index contributed by atoms with van der Waals surface area (Å²) >= 11 is 8.28. The normalized spacial score (nSPS) is 10.7. The Hall–Kier alpha value is -0.750. The van der Waals surface area contributed by atoms with Crippen LogP contribution in [0.5, 0.6) is 0 Å². The summed E-state index contributed by atoms with van der Waals surface area (Å²) in [5, 5.41) is 7.73. The molecule has 0 aliphatic heterocycles. The molecule has 0 aliphatic carbocycles. The summed E-state index contributed by atoms with van der Waals surface area (Å²) in [4.78, 5) is 0. The van der Waals surface area contributed by atoms with Crippen LogP contribution in [-0.4, -0.2) is 10.2 Å². The summed E-state index contributed by atoms with van der Waals surface area (Å²) in [5.41, 5.74) is 8.86. The Morgan fingerprint density at radius 2 is 2.25 bits per heavy atom. The molecule has 2 aromatic rings. The van der Waals surface area contributed by atoms with E-state index in [0.717, 1.165) is 26.8 Å². The number of rotatable bonds is 2. The van der Waals surface area contributed by atoms with Gasteiger partial charge >= 0.3 is 0 Å². The first-order valence-electron chi connectivity index (χ1n) is 4.91. The summed E-state index contributed by atoms with van der Waals surface area (Å²) in [6.45, 7) is 2.06. The van der Waals surface area contributed by atoms with Gasteiger partial charge in [-0.1, -0.05) is 18.5 Å². The summed E-state index contributed by atoms with van der Waals surface area (Å²) in [5.74, 6) is 0.563. The summed E-state index contributed by atoms with van der Waals surface area (Å²) < 4.78 is 1.13. The smallest absolute Gasteiger partial charge is 0.149 e. The molecule has 0 saturated carbocycles. The Morgan fingerprint density at radius 3 is 2.94 bits per heavy atom. The number of aromatic amines is 1. The van der Waals surface area contributed by atoms with Crippen LogP contribution in [0, 0.1) is 3.57 Å². The molecule has 16 heavy (non-hydrogen) atoms. The number of nitrogen functional groups attached to an aromatic ring is 1. The zero-order valence-corrected chi connectivity index (χ0v) is 11.6. The van der Waals surface area contributed by atoms with Crippen molar-refractivity contribution in [3.05, 3.63) is 32.4 Å². The van der Waals surface area contributed by atoms with Crippen LogP contribution in [0.3, 0.4) is 0 Å². The fourth-order valence-corrected chi connectivity index (χ4v) is 2.43. The van der Waals surface area contributed by atoms with E-state index in [-0.39, 0.29) is 0 Å². The molecule has 0 atom stereocenters. The second-order valence-corrected chi connectivity index (χ2v) is 5.04. The van der Waals surface area contributed by atoms with Crippen molar-refractivity contribution in [2.45, 2.75) is 13.3 Å². The number of nitrogens with one attached hydrogen (secondary N) is 1. The minimum Gasteiger partial charge on any atom is -0.382 e. The Morgan fingerprint density at radius 1 is 1.50 bits per heavy atom. The van der Waals surface area contributed by atoms with E-state index in [0.29, 0.717) is 10.8 Å². The van der Waals surface area contributed by atoms with Crippen LogP contribution in [0.4, 0.5) is 5.82 Å². The number of hydrogen-bond donors (Lipinski definition) is 2. The van der Waals surface area contributed by atoms with Crippen LogP contribution in [0.1, 0.15) is 12.5 Å². The molecule has 0 saturated heterocycles. The molecule has 0 fully saturated rings. The third kappa shape index (κ3) is 2.04. The summed E-state index contributed by atoms with van der Waals surface area (Å²) in [7, 11) is 0. The highest BCUT2D eigenvalue weighted by atomic mass is 127. The molecule has 1 aromatic heterocycles. The molecule has 0 amide bonds. The molecule has 1 aromatic carbocycles. The van der Waals surface area contributed by atoms with Crippen molar-refractivity contribution >= 4 is 40.0 Å². The van der Waals surface area contributed by atoms with Gasteiger partial charge in [-0.05, 0) is 47.2 Å². The van der Waals surface area contributed by atoms with Gasteiger partial charge in [-0.15, -0.1) is 0 Å². The minimum absolute atomic E-state index is 0.563. The quantitative estimate of drug-likeness (QED) is 0.817. The predicted molar refractivity (Wildman–Crippen MR) is 75.5 cm³/mol. The van der Waals surface area contributed by atoms with Crippen LogP contribution in [0.15, 0.2) is 18.2 Å². The number of H-pyrrole nitrogens is 1. The molecule has 2 rings (SSSR count). The van der Waals surface area contributed by atoms with Gasteiger partial charge < -0.3 is 5.73 Å². The lowest BCUT2D eigenvalue weighted by Gasteiger charge is -2.05. The first-order valence-corrected chi connectivity index (χ1v) is 6.37. The molecular weight excluding hydrogens is 336 g/mol. The number of hydrogen-bond acceptors (Lipinski definition) is 2. The van der Waals surface area contributed by atoms with Crippen molar-refractivity contribution in [2.24, 2.45) is 0 Å². The zero-order valence-electron chi connectivity index (χ0n) is 8.72. The highest BCUT2D eigenvalue weighted by Crippen LogP contribution is 2.31. The standard InChI is InChI=1S/C11H11ClIN3/c1-2-7-10(15-16-11(7)14)8-5-6(12)3-4-9(8)13/h3-5H,2H2,1H3,(H3,14,15,16). The number of halogens is 2. The number of benzene rings is 1. The van der Waals surface area contributed by atoms with Crippen molar-refractivity contribution < 1.29 is 0 Å². The van der Waals surface area contributed by atoms with Crippen LogP contribution >= 0.6 is 34.2 Å². The maximum absolute atomic E-state index is 6.00. The molecule has 3 nitrogen and oxygen atoms in total. The summed E-state index contributed by atoms with van der Waals surface area (Å²) in [6.07, 6.45) is 0.847. The van der Waals surface area contributed by atoms with Gasteiger partial charge in [0.25, 0.3) is 0 Å². The maximum atomic E-state index is 6.00.